The maximum atomic E-state index is 13.5. The summed E-state index contributed by atoms with van der Waals surface area (Å²) in [6, 6.07) is 10.8. The number of sulfonamides is 1. The first-order chi connectivity index (χ1) is 17.2. The first-order valence-corrected chi connectivity index (χ1v) is 13.5. The van der Waals surface area contributed by atoms with Gasteiger partial charge in [0.1, 0.15) is 12.4 Å². The maximum absolute atomic E-state index is 13.5. The Balaban J connectivity index is 1.20. The molecule has 2 aromatic carbocycles. The van der Waals surface area contributed by atoms with Crippen LogP contribution in [0, 0.1) is 11.6 Å². The minimum absolute atomic E-state index is 0.120. The number of hydrogen-bond acceptors (Lipinski definition) is 6. The Morgan fingerprint density at radius 3 is 2.56 bits per heavy atom. The number of amides is 1. The molecule has 2 aliphatic rings. The van der Waals surface area contributed by atoms with Crippen molar-refractivity contribution in [2.24, 2.45) is 0 Å². The van der Waals surface area contributed by atoms with Crippen molar-refractivity contribution < 1.29 is 26.7 Å². The number of ether oxygens (including phenoxy) is 1. The first kappa shape index (κ1) is 26.5. The molecule has 8 nitrogen and oxygen atoms in total. The highest BCUT2D eigenvalue weighted by atomic mass is 32.2. The van der Waals surface area contributed by atoms with Crippen molar-refractivity contribution >= 4 is 15.9 Å². The van der Waals surface area contributed by atoms with Crippen molar-refractivity contribution in [1.29, 1.82) is 0 Å². The third kappa shape index (κ3) is 6.78. The quantitative estimate of drug-likeness (QED) is 0.515. The van der Waals surface area contributed by atoms with E-state index in [1.54, 1.807) is 0 Å². The Labute approximate surface area is 210 Å². The lowest BCUT2D eigenvalue weighted by atomic mass is 10.1. The number of carbonyl (C=O) groups is 1. The lowest BCUT2D eigenvalue weighted by molar-refractivity contribution is -0.119. The molecule has 1 N–H and O–H groups in total. The predicted octanol–water partition coefficient (Wildman–Crippen LogP) is 2.06. The predicted molar refractivity (Wildman–Crippen MR) is 131 cm³/mol. The third-order valence-corrected chi connectivity index (χ3v) is 8.40. The molecule has 36 heavy (non-hydrogen) atoms. The van der Waals surface area contributed by atoms with E-state index in [0.717, 1.165) is 49.0 Å². The van der Waals surface area contributed by atoms with Crippen LogP contribution in [-0.2, 0) is 21.4 Å². The molecule has 0 spiro atoms. The van der Waals surface area contributed by atoms with E-state index in [-0.39, 0.29) is 29.9 Å². The number of carbonyl (C=O) groups excluding carboxylic acids is 1. The van der Waals surface area contributed by atoms with Gasteiger partial charge in [0.15, 0.2) is 11.6 Å². The van der Waals surface area contributed by atoms with Crippen LogP contribution in [0.25, 0.3) is 0 Å². The Bertz CT molecular complexity index is 1170. The van der Waals surface area contributed by atoms with Gasteiger partial charge >= 0.3 is 0 Å². The third-order valence-electron chi connectivity index (χ3n) is 6.50. The van der Waals surface area contributed by atoms with Crippen molar-refractivity contribution in [3.8, 4) is 5.75 Å². The zero-order valence-corrected chi connectivity index (χ0v) is 21.1. The smallest absolute Gasteiger partial charge is 0.243 e. The minimum Gasteiger partial charge on any atom is -0.492 e. The molecule has 0 aliphatic carbocycles. The standard InChI is InChI=1S/C25H32F2N4O4S/c1-29(18-20-5-8-25(32)28-20)17-19-3-2-4-21(15-19)35-14-13-30-9-11-31(12-10-30)36(33,34)22-6-7-23(26)24(27)16-22/h2-4,6-7,15-16,20H,5,8-14,17-18H2,1H3,(H,28,32). The van der Waals surface area contributed by atoms with Gasteiger partial charge in [-0.05, 0) is 49.4 Å². The van der Waals surface area contributed by atoms with Gasteiger partial charge in [0.05, 0.1) is 4.90 Å². The van der Waals surface area contributed by atoms with E-state index in [2.05, 4.69) is 15.1 Å². The van der Waals surface area contributed by atoms with Crippen molar-refractivity contribution in [3.63, 3.8) is 0 Å². The summed E-state index contributed by atoms with van der Waals surface area (Å²) in [4.78, 5) is 15.5. The van der Waals surface area contributed by atoms with Gasteiger partial charge in [-0.1, -0.05) is 12.1 Å². The molecule has 0 aromatic heterocycles. The number of nitrogens with zero attached hydrogens (tertiary/aromatic N) is 3. The van der Waals surface area contributed by atoms with Gasteiger partial charge in [-0.2, -0.15) is 4.31 Å². The monoisotopic (exact) mass is 522 g/mol. The van der Waals surface area contributed by atoms with E-state index in [1.807, 2.05) is 31.3 Å². The summed E-state index contributed by atoms with van der Waals surface area (Å²) in [5.41, 5.74) is 1.12. The fourth-order valence-corrected chi connectivity index (χ4v) is 6.01. The molecule has 2 fully saturated rings. The van der Waals surface area contributed by atoms with Crippen LogP contribution in [0.3, 0.4) is 0 Å². The highest BCUT2D eigenvalue weighted by molar-refractivity contribution is 7.89. The fraction of sp³-hybridized carbons (Fsp3) is 0.480. The van der Waals surface area contributed by atoms with Crippen molar-refractivity contribution in [3.05, 3.63) is 59.7 Å². The molecule has 1 amide bonds. The zero-order chi connectivity index (χ0) is 25.7. The van der Waals surface area contributed by atoms with Gasteiger partial charge in [-0.25, -0.2) is 17.2 Å². The van der Waals surface area contributed by atoms with Crippen molar-refractivity contribution in [2.75, 3.05) is 52.9 Å². The van der Waals surface area contributed by atoms with Crippen LogP contribution in [0.4, 0.5) is 8.78 Å². The van der Waals surface area contributed by atoms with Gasteiger partial charge in [0.2, 0.25) is 15.9 Å². The molecule has 196 valence electrons. The summed E-state index contributed by atoms with van der Waals surface area (Å²) in [6.07, 6.45) is 1.47. The Kier molecular flexibility index (Phi) is 8.55. The number of hydrogen-bond donors (Lipinski definition) is 1. The summed E-state index contributed by atoms with van der Waals surface area (Å²) in [6.45, 7) is 4.24. The molecule has 2 heterocycles. The van der Waals surface area contributed by atoms with Gasteiger partial charge in [0.25, 0.3) is 0 Å². The largest absolute Gasteiger partial charge is 0.492 e. The van der Waals surface area contributed by atoms with Gasteiger partial charge in [-0.3, -0.25) is 9.69 Å². The number of piperazine rings is 1. The van der Waals surface area contributed by atoms with Crippen LogP contribution in [0.15, 0.2) is 47.4 Å². The number of likely N-dealkylation sites (N-methyl/N-ethyl adjacent to an activating group) is 1. The second-order valence-corrected chi connectivity index (χ2v) is 11.3. The maximum Gasteiger partial charge on any atom is 0.243 e. The normalized spacial score (nSPS) is 19.6. The molecule has 0 radical (unpaired) electrons. The number of rotatable bonds is 10. The average molecular weight is 523 g/mol. The Morgan fingerprint density at radius 2 is 1.86 bits per heavy atom. The number of nitrogens with one attached hydrogen (secondary N) is 1. The van der Waals surface area contributed by atoms with E-state index in [0.29, 0.717) is 32.7 Å². The highest BCUT2D eigenvalue weighted by Crippen LogP contribution is 2.20. The molecule has 0 saturated carbocycles. The summed E-state index contributed by atoms with van der Waals surface area (Å²) in [5, 5.41) is 2.99. The van der Waals surface area contributed by atoms with E-state index in [1.165, 1.54) is 4.31 Å². The van der Waals surface area contributed by atoms with Crippen molar-refractivity contribution in [1.82, 2.24) is 19.4 Å². The van der Waals surface area contributed by atoms with E-state index in [9.17, 15) is 22.0 Å². The first-order valence-electron chi connectivity index (χ1n) is 12.1. The van der Waals surface area contributed by atoms with Crippen LogP contribution in [0.5, 0.6) is 5.75 Å². The van der Waals surface area contributed by atoms with Crippen LogP contribution >= 0.6 is 0 Å². The highest BCUT2D eigenvalue weighted by Gasteiger charge is 2.29. The Hall–Kier alpha value is -2.60. The minimum atomic E-state index is -3.87. The van der Waals surface area contributed by atoms with Gasteiger partial charge < -0.3 is 15.0 Å². The average Bonchev–Trinajstić information content (AvgIpc) is 3.25. The van der Waals surface area contributed by atoms with Crippen LogP contribution < -0.4 is 10.1 Å². The molecular weight excluding hydrogens is 490 g/mol. The molecule has 2 saturated heterocycles. The molecule has 1 unspecified atom stereocenters. The fourth-order valence-electron chi connectivity index (χ4n) is 4.57. The number of benzene rings is 2. The van der Waals surface area contributed by atoms with E-state index < -0.39 is 21.7 Å². The van der Waals surface area contributed by atoms with Crippen molar-refractivity contribution in [2.45, 2.75) is 30.3 Å². The summed E-state index contributed by atoms with van der Waals surface area (Å²) in [7, 11) is -1.84. The van der Waals surface area contributed by atoms with Gasteiger partial charge in [-0.15, -0.1) is 0 Å². The lowest BCUT2D eigenvalue weighted by Crippen LogP contribution is -2.49. The van der Waals surface area contributed by atoms with E-state index in [4.69, 9.17) is 4.74 Å². The molecule has 4 rings (SSSR count). The molecule has 0 bridgehead atoms. The molecular formula is C25H32F2N4O4S. The molecule has 2 aromatic rings. The van der Waals surface area contributed by atoms with Crippen LogP contribution in [0.2, 0.25) is 0 Å². The molecule has 11 heteroatoms. The second-order valence-electron chi connectivity index (χ2n) is 9.32. The lowest BCUT2D eigenvalue weighted by Gasteiger charge is -2.33. The summed E-state index contributed by atoms with van der Waals surface area (Å²) >= 11 is 0. The second kappa shape index (κ2) is 11.6. The SMILES string of the molecule is CN(Cc1cccc(OCCN2CCN(S(=O)(=O)c3ccc(F)c(F)c3)CC2)c1)CC1CCC(=O)N1. The molecule has 2 aliphatic heterocycles. The molecule has 1 atom stereocenters. The summed E-state index contributed by atoms with van der Waals surface area (Å²) < 4.78 is 59.4. The van der Waals surface area contributed by atoms with Crippen LogP contribution in [-0.4, -0.2) is 87.4 Å². The van der Waals surface area contributed by atoms with Gasteiger partial charge in [0, 0.05) is 58.3 Å². The Morgan fingerprint density at radius 1 is 1.08 bits per heavy atom. The summed E-state index contributed by atoms with van der Waals surface area (Å²) in [5.74, 6) is -1.36. The number of halogens is 2. The zero-order valence-electron chi connectivity index (χ0n) is 20.3. The van der Waals surface area contributed by atoms with E-state index >= 15 is 0 Å². The van der Waals surface area contributed by atoms with Crippen LogP contribution in [0.1, 0.15) is 18.4 Å². The topological polar surface area (TPSA) is 82.2 Å².